The molecule has 0 aliphatic carbocycles. The van der Waals surface area contributed by atoms with E-state index in [2.05, 4.69) is 5.32 Å². The summed E-state index contributed by atoms with van der Waals surface area (Å²) in [6.07, 6.45) is -0.719. The van der Waals surface area contributed by atoms with E-state index < -0.39 is 6.10 Å². The van der Waals surface area contributed by atoms with Gasteiger partial charge in [0.15, 0.2) is 11.5 Å². The van der Waals surface area contributed by atoms with Crippen molar-refractivity contribution in [3.8, 4) is 17.2 Å². The van der Waals surface area contributed by atoms with Gasteiger partial charge in [-0.25, -0.2) is 0 Å². The summed E-state index contributed by atoms with van der Waals surface area (Å²) in [6.45, 7) is 1.94. The zero-order valence-corrected chi connectivity index (χ0v) is 11.5. The first-order valence-corrected chi connectivity index (χ1v) is 6.62. The first kappa shape index (κ1) is 13.3. The number of benzene rings is 2. The van der Waals surface area contributed by atoms with Crippen molar-refractivity contribution in [2.45, 2.75) is 13.0 Å². The predicted molar refractivity (Wildman–Crippen MR) is 77.8 cm³/mol. The second-order valence-corrected chi connectivity index (χ2v) is 4.85. The maximum atomic E-state index is 12.2. The molecule has 0 fully saturated rings. The molecule has 2 N–H and O–H groups in total. The van der Waals surface area contributed by atoms with Crippen LogP contribution in [0.5, 0.6) is 17.2 Å². The Morgan fingerprint density at radius 3 is 2.76 bits per heavy atom. The normalized spacial score (nSPS) is 16.3. The number of para-hydroxylation sites is 2. The van der Waals surface area contributed by atoms with E-state index >= 15 is 0 Å². The number of nitrogens with one attached hydrogen (secondary N) is 1. The van der Waals surface area contributed by atoms with E-state index in [1.54, 1.807) is 31.2 Å². The average Bonchev–Trinajstić information content (AvgIpc) is 2.50. The van der Waals surface area contributed by atoms with E-state index in [0.29, 0.717) is 17.2 Å². The number of phenols is 1. The number of phenolic OH excluding ortho intramolecular Hbond substituents is 1. The third-order valence-electron chi connectivity index (χ3n) is 3.28. The van der Waals surface area contributed by atoms with Crippen molar-refractivity contribution in [3.05, 3.63) is 48.0 Å². The van der Waals surface area contributed by atoms with Crippen LogP contribution in [0, 0.1) is 6.92 Å². The van der Waals surface area contributed by atoms with Gasteiger partial charge in [0.25, 0.3) is 5.91 Å². The number of hydrogen-bond acceptors (Lipinski definition) is 4. The molecule has 5 nitrogen and oxygen atoms in total. The van der Waals surface area contributed by atoms with Crippen molar-refractivity contribution < 1.29 is 19.4 Å². The highest BCUT2D eigenvalue weighted by molar-refractivity contribution is 5.95. The molecule has 2 aromatic carbocycles. The monoisotopic (exact) mass is 285 g/mol. The Bertz CT molecular complexity index is 684. The van der Waals surface area contributed by atoms with Gasteiger partial charge in [0.1, 0.15) is 12.4 Å². The molecular formula is C16H15NO4. The van der Waals surface area contributed by atoms with Gasteiger partial charge < -0.3 is 19.9 Å². The van der Waals surface area contributed by atoms with Gasteiger partial charge in [0.05, 0.1) is 0 Å². The van der Waals surface area contributed by atoms with Crippen LogP contribution in [-0.2, 0) is 4.79 Å². The Morgan fingerprint density at radius 2 is 2.00 bits per heavy atom. The molecule has 5 heteroatoms. The van der Waals surface area contributed by atoms with E-state index in [1.807, 2.05) is 12.1 Å². The summed E-state index contributed by atoms with van der Waals surface area (Å²) in [5.41, 5.74) is 1.27. The molecule has 0 spiro atoms. The van der Waals surface area contributed by atoms with Gasteiger partial charge in [-0.2, -0.15) is 0 Å². The van der Waals surface area contributed by atoms with Gasteiger partial charge >= 0.3 is 0 Å². The largest absolute Gasteiger partial charge is 0.508 e. The van der Waals surface area contributed by atoms with Crippen molar-refractivity contribution >= 4 is 11.6 Å². The molecule has 1 atom stereocenters. The Kier molecular flexibility index (Phi) is 3.39. The Balaban J connectivity index is 1.70. The van der Waals surface area contributed by atoms with E-state index in [-0.39, 0.29) is 18.3 Å². The molecule has 21 heavy (non-hydrogen) atoms. The second-order valence-electron chi connectivity index (χ2n) is 4.85. The van der Waals surface area contributed by atoms with Gasteiger partial charge in [-0.05, 0) is 30.7 Å². The minimum Gasteiger partial charge on any atom is -0.508 e. The van der Waals surface area contributed by atoms with Crippen LogP contribution in [0.25, 0.3) is 0 Å². The number of anilines is 1. The first-order valence-electron chi connectivity index (χ1n) is 6.62. The van der Waals surface area contributed by atoms with Crippen LogP contribution in [0.2, 0.25) is 0 Å². The number of fused-ring (bicyclic) bond motifs is 1. The van der Waals surface area contributed by atoms with E-state index in [0.717, 1.165) is 5.56 Å². The predicted octanol–water partition coefficient (Wildman–Crippen LogP) is 2.48. The van der Waals surface area contributed by atoms with Crippen LogP contribution >= 0.6 is 0 Å². The second kappa shape index (κ2) is 5.36. The van der Waals surface area contributed by atoms with Gasteiger partial charge in [0.2, 0.25) is 6.10 Å². The van der Waals surface area contributed by atoms with E-state index in [9.17, 15) is 9.90 Å². The Morgan fingerprint density at radius 1 is 1.24 bits per heavy atom. The highest BCUT2D eigenvalue weighted by Crippen LogP contribution is 2.31. The zero-order valence-electron chi connectivity index (χ0n) is 11.5. The van der Waals surface area contributed by atoms with Crippen molar-refractivity contribution in [3.63, 3.8) is 0 Å². The SMILES string of the molecule is Cc1ccc(NC(=O)C2COc3ccccc3O2)cc1O. The molecule has 0 aromatic heterocycles. The highest BCUT2D eigenvalue weighted by atomic mass is 16.6. The van der Waals surface area contributed by atoms with Crippen LogP contribution in [-0.4, -0.2) is 23.7 Å². The molecule has 0 bridgehead atoms. The smallest absolute Gasteiger partial charge is 0.269 e. The van der Waals surface area contributed by atoms with Crippen molar-refractivity contribution in [2.75, 3.05) is 11.9 Å². The lowest BCUT2D eigenvalue weighted by Crippen LogP contribution is -2.40. The van der Waals surface area contributed by atoms with Crippen molar-refractivity contribution in [2.24, 2.45) is 0 Å². The van der Waals surface area contributed by atoms with E-state index in [4.69, 9.17) is 9.47 Å². The Labute approximate surface area is 122 Å². The number of rotatable bonds is 2. The topological polar surface area (TPSA) is 67.8 Å². The summed E-state index contributed by atoms with van der Waals surface area (Å²) in [6, 6.07) is 12.2. The maximum Gasteiger partial charge on any atom is 0.269 e. The van der Waals surface area contributed by atoms with Crippen LogP contribution in [0.15, 0.2) is 42.5 Å². The van der Waals surface area contributed by atoms with Gasteiger partial charge in [-0.15, -0.1) is 0 Å². The standard InChI is InChI=1S/C16H15NO4/c1-10-6-7-11(8-12(10)18)17-16(19)15-9-20-13-4-2-3-5-14(13)21-15/h2-8,15,18H,9H2,1H3,(H,17,19). The number of carbonyl (C=O) groups is 1. The summed E-state index contributed by atoms with van der Waals surface area (Å²) in [5, 5.41) is 12.4. The van der Waals surface area contributed by atoms with E-state index in [1.165, 1.54) is 6.07 Å². The minimum absolute atomic E-state index is 0.138. The third-order valence-corrected chi connectivity index (χ3v) is 3.28. The fourth-order valence-electron chi connectivity index (χ4n) is 2.06. The number of aromatic hydroxyl groups is 1. The van der Waals surface area contributed by atoms with Crippen LogP contribution in [0.1, 0.15) is 5.56 Å². The molecule has 1 aliphatic heterocycles. The molecule has 1 unspecified atom stereocenters. The summed E-state index contributed by atoms with van der Waals surface area (Å²) < 4.78 is 11.1. The summed E-state index contributed by atoms with van der Waals surface area (Å²) >= 11 is 0. The van der Waals surface area contributed by atoms with Crippen LogP contribution < -0.4 is 14.8 Å². The Hall–Kier alpha value is -2.69. The third kappa shape index (κ3) is 2.76. The number of carbonyl (C=O) groups excluding carboxylic acids is 1. The number of amides is 1. The number of hydrogen-bond donors (Lipinski definition) is 2. The van der Waals surface area contributed by atoms with Crippen molar-refractivity contribution in [1.29, 1.82) is 0 Å². The molecular weight excluding hydrogens is 270 g/mol. The molecule has 0 saturated heterocycles. The van der Waals surface area contributed by atoms with Gasteiger partial charge in [-0.1, -0.05) is 18.2 Å². The molecule has 1 amide bonds. The van der Waals surface area contributed by atoms with Gasteiger partial charge in [0, 0.05) is 11.8 Å². The van der Waals surface area contributed by atoms with Crippen LogP contribution in [0.4, 0.5) is 5.69 Å². The lowest BCUT2D eigenvalue weighted by Gasteiger charge is -2.25. The molecule has 3 rings (SSSR count). The zero-order chi connectivity index (χ0) is 14.8. The molecule has 0 radical (unpaired) electrons. The molecule has 1 heterocycles. The van der Waals surface area contributed by atoms with Crippen molar-refractivity contribution in [1.82, 2.24) is 0 Å². The molecule has 1 aliphatic rings. The summed E-state index contributed by atoms with van der Waals surface area (Å²) in [5.74, 6) is 1.01. The molecule has 2 aromatic rings. The number of aryl methyl sites for hydroxylation is 1. The fourth-order valence-corrected chi connectivity index (χ4v) is 2.06. The lowest BCUT2D eigenvalue weighted by molar-refractivity contribution is -0.125. The maximum absolute atomic E-state index is 12.2. The number of ether oxygens (including phenoxy) is 2. The van der Waals surface area contributed by atoms with Crippen LogP contribution in [0.3, 0.4) is 0 Å². The molecule has 108 valence electrons. The van der Waals surface area contributed by atoms with Gasteiger partial charge in [-0.3, -0.25) is 4.79 Å². The summed E-state index contributed by atoms with van der Waals surface area (Å²) in [7, 11) is 0. The summed E-state index contributed by atoms with van der Waals surface area (Å²) in [4.78, 5) is 12.2. The molecule has 0 saturated carbocycles. The quantitative estimate of drug-likeness (QED) is 0.889. The first-order chi connectivity index (χ1) is 10.1. The minimum atomic E-state index is -0.719. The highest BCUT2D eigenvalue weighted by Gasteiger charge is 2.27. The lowest BCUT2D eigenvalue weighted by atomic mass is 10.2. The average molecular weight is 285 g/mol. The fraction of sp³-hybridized carbons (Fsp3) is 0.188.